The zero-order valence-corrected chi connectivity index (χ0v) is 23.4. The summed E-state index contributed by atoms with van der Waals surface area (Å²) in [4.78, 5) is 28.2. The summed E-state index contributed by atoms with van der Waals surface area (Å²) in [6.07, 6.45) is 0.869. The molecule has 40 heavy (non-hydrogen) atoms. The topological polar surface area (TPSA) is 147 Å². The predicted molar refractivity (Wildman–Crippen MR) is 157 cm³/mol. The highest BCUT2D eigenvalue weighted by Gasteiger charge is 2.18. The number of phenols is 1. The second-order valence-corrected chi connectivity index (χ2v) is 9.85. The van der Waals surface area contributed by atoms with E-state index in [1.54, 1.807) is 31.2 Å². The molecule has 3 aromatic carbocycles. The third-order valence-corrected chi connectivity index (χ3v) is 7.01. The SMILES string of the molecule is CCN(CC)CCCNc1nc(C)nc(N(c2cccc(NC(=O)c3cc4ccccc4cc3O)c2)S(=O)[O-])n1. The Kier molecular flexibility index (Phi) is 9.59. The van der Waals surface area contributed by atoms with Crippen LogP contribution >= 0.6 is 0 Å². The fourth-order valence-electron chi connectivity index (χ4n) is 4.27. The van der Waals surface area contributed by atoms with E-state index in [1.807, 2.05) is 24.3 Å². The summed E-state index contributed by atoms with van der Waals surface area (Å²) in [5.41, 5.74) is 0.635. The molecule has 0 spiro atoms. The van der Waals surface area contributed by atoms with Crippen LogP contribution in [-0.2, 0) is 11.3 Å². The quantitative estimate of drug-likeness (QED) is 0.169. The molecule has 0 aliphatic heterocycles. The monoisotopic (exact) mass is 562 g/mol. The lowest BCUT2D eigenvalue weighted by Crippen LogP contribution is -2.26. The van der Waals surface area contributed by atoms with Gasteiger partial charge in [-0.05, 0) is 74.1 Å². The Morgan fingerprint density at radius 3 is 2.42 bits per heavy atom. The lowest BCUT2D eigenvalue weighted by molar-refractivity contribution is 0.102. The first-order valence-electron chi connectivity index (χ1n) is 13.0. The molecular formula is C28H32N7O4S-. The van der Waals surface area contributed by atoms with Crippen molar-refractivity contribution in [3.05, 3.63) is 72.1 Å². The van der Waals surface area contributed by atoms with Crippen LogP contribution in [0.3, 0.4) is 0 Å². The number of rotatable bonds is 12. The number of hydrogen-bond donors (Lipinski definition) is 3. The number of phenolic OH excluding ortho intramolecular Hbond substituents is 1. The molecule has 0 radical (unpaired) electrons. The van der Waals surface area contributed by atoms with Gasteiger partial charge < -0.3 is 25.2 Å². The number of benzene rings is 3. The lowest BCUT2D eigenvalue weighted by Gasteiger charge is -2.25. The summed E-state index contributed by atoms with van der Waals surface area (Å²) >= 11 is -2.77. The standard InChI is InChI=1S/C28H33N7O4S/c1-4-34(5-2)15-9-14-29-27-30-19(3)31-28(33-27)35(40(38)39)23-13-8-12-22(18-23)32-26(37)24-16-20-10-6-7-11-21(20)17-25(24)36/h6-8,10-13,16-18,36H,4-5,9,14-15H2,1-3H3,(H,32,37)(H,38,39)(H,29,30,31,33)/p-1. The van der Waals surface area contributed by atoms with Gasteiger partial charge in [0.1, 0.15) is 11.6 Å². The Morgan fingerprint density at radius 1 is 1.00 bits per heavy atom. The summed E-state index contributed by atoms with van der Waals surface area (Å²) in [5.74, 6) is -0.158. The van der Waals surface area contributed by atoms with Crippen molar-refractivity contribution < 1.29 is 18.7 Å². The molecular weight excluding hydrogens is 530 g/mol. The van der Waals surface area contributed by atoms with Crippen LogP contribution in [0, 0.1) is 6.92 Å². The zero-order chi connectivity index (χ0) is 28.6. The molecule has 0 aliphatic rings. The van der Waals surface area contributed by atoms with Gasteiger partial charge >= 0.3 is 0 Å². The molecule has 12 heteroatoms. The van der Waals surface area contributed by atoms with Crippen molar-refractivity contribution in [3.8, 4) is 5.75 Å². The Hall–Kier alpha value is -4.13. The van der Waals surface area contributed by atoms with Crippen molar-refractivity contribution in [2.24, 2.45) is 0 Å². The largest absolute Gasteiger partial charge is 0.755 e. The number of hydrogen-bond acceptors (Lipinski definition) is 9. The predicted octanol–water partition coefficient (Wildman–Crippen LogP) is 4.37. The van der Waals surface area contributed by atoms with Crippen LogP contribution in [-0.4, -0.2) is 65.8 Å². The fraction of sp³-hybridized carbons (Fsp3) is 0.286. The minimum Gasteiger partial charge on any atom is -0.755 e. The number of aryl methyl sites for hydroxylation is 1. The Balaban J connectivity index is 1.53. The summed E-state index contributed by atoms with van der Waals surface area (Å²) in [7, 11) is 0. The van der Waals surface area contributed by atoms with Gasteiger partial charge in [-0.25, -0.2) is 4.31 Å². The van der Waals surface area contributed by atoms with Crippen LogP contribution in [0.25, 0.3) is 10.8 Å². The van der Waals surface area contributed by atoms with Crippen LogP contribution in [0.5, 0.6) is 5.75 Å². The van der Waals surface area contributed by atoms with Gasteiger partial charge in [0.05, 0.1) is 22.5 Å². The number of carbonyl (C=O) groups is 1. The molecule has 0 saturated carbocycles. The Bertz CT molecular complexity index is 1510. The molecule has 4 rings (SSSR count). The average molecular weight is 563 g/mol. The number of carbonyl (C=O) groups excluding carboxylic acids is 1. The molecule has 0 bridgehead atoms. The number of nitrogens with zero attached hydrogens (tertiary/aromatic N) is 5. The van der Waals surface area contributed by atoms with Crippen molar-refractivity contribution >= 4 is 51.2 Å². The highest BCUT2D eigenvalue weighted by Crippen LogP contribution is 2.29. The molecule has 11 nitrogen and oxygen atoms in total. The van der Waals surface area contributed by atoms with Crippen LogP contribution < -0.4 is 14.9 Å². The first kappa shape index (κ1) is 28.9. The number of amides is 1. The molecule has 1 aromatic heterocycles. The van der Waals surface area contributed by atoms with E-state index in [4.69, 9.17) is 0 Å². The number of anilines is 4. The van der Waals surface area contributed by atoms with Gasteiger partial charge in [-0.2, -0.15) is 15.0 Å². The third kappa shape index (κ3) is 7.08. The number of aromatic hydroxyl groups is 1. The third-order valence-electron chi connectivity index (χ3n) is 6.34. The average Bonchev–Trinajstić information content (AvgIpc) is 2.92. The van der Waals surface area contributed by atoms with E-state index in [0.29, 0.717) is 18.1 Å². The van der Waals surface area contributed by atoms with E-state index in [9.17, 15) is 18.7 Å². The first-order valence-corrected chi connectivity index (χ1v) is 14.0. The number of fused-ring (bicyclic) bond motifs is 1. The lowest BCUT2D eigenvalue weighted by atomic mass is 10.1. The molecule has 1 amide bonds. The van der Waals surface area contributed by atoms with Gasteiger partial charge in [0.15, 0.2) is 0 Å². The second-order valence-electron chi connectivity index (χ2n) is 9.05. The maximum Gasteiger partial charge on any atom is 0.259 e. The van der Waals surface area contributed by atoms with E-state index >= 15 is 0 Å². The van der Waals surface area contributed by atoms with Crippen molar-refractivity contribution in [3.63, 3.8) is 0 Å². The normalized spacial score (nSPS) is 11.9. The molecule has 1 heterocycles. The molecule has 0 fully saturated rings. The van der Waals surface area contributed by atoms with Crippen molar-refractivity contribution in [2.45, 2.75) is 27.2 Å². The molecule has 1 unspecified atom stereocenters. The van der Waals surface area contributed by atoms with Gasteiger partial charge in [0.25, 0.3) is 5.91 Å². The summed E-state index contributed by atoms with van der Waals surface area (Å²) in [5, 5.41) is 17.9. The first-order chi connectivity index (χ1) is 19.3. The van der Waals surface area contributed by atoms with E-state index < -0.39 is 17.2 Å². The highest BCUT2D eigenvalue weighted by molar-refractivity contribution is 7.81. The van der Waals surface area contributed by atoms with E-state index in [1.165, 1.54) is 12.1 Å². The van der Waals surface area contributed by atoms with E-state index in [-0.39, 0.29) is 28.9 Å². The second kappa shape index (κ2) is 13.3. The van der Waals surface area contributed by atoms with E-state index in [2.05, 4.69) is 44.3 Å². The van der Waals surface area contributed by atoms with Gasteiger partial charge in [-0.3, -0.25) is 9.00 Å². The molecule has 4 aromatic rings. The minimum atomic E-state index is -2.77. The summed E-state index contributed by atoms with van der Waals surface area (Å²) in [6.45, 7) is 9.36. The van der Waals surface area contributed by atoms with Crippen molar-refractivity contribution in [1.29, 1.82) is 0 Å². The van der Waals surface area contributed by atoms with E-state index in [0.717, 1.165) is 41.1 Å². The Morgan fingerprint density at radius 2 is 1.73 bits per heavy atom. The van der Waals surface area contributed by atoms with Crippen LogP contribution in [0.2, 0.25) is 0 Å². The minimum absolute atomic E-state index is 0.0808. The molecule has 0 saturated heterocycles. The molecule has 0 aliphatic carbocycles. The Labute approximate surface area is 235 Å². The van der Waals surface area contributed by atoms with Gasteiger partial charge in [-0.1, -0.05) is 44.2 Å². The maximum atomic E-state index is 13.0. The van der Waals surface area contributed by atoms with Gasteiger partial charge in [-0.15, -0.1) is 0 Å². The number of nitrogens with one attached hydrogen (secondary N) is 2. The fourth-order valence-corrected chi connectivity index (χ4v) is 4.77. The molecule has 3 N–H and O–H groups in total. The summed E-state index contributed by atoms with van der Waals surface area (Å²) in [6, 6.07) is 16.8. The van der Waals surface area contributed by atoms with Crippen LogP contribution in [0.4, 0.5) is 23.3 Å². The van der Waals surface area contributed by atoms with Crippen molar-refractivity contribution in [1.82, 2.24) is 19.9 Å². The zero-order valence-electron chi connectivity index (χ0n) is 22.6. The van der Waals surface area contributed by atoms with Gasteiger partial charge in [0.2, 0.25) is 11.9 Å². The molecule has 1 atom stereocenters. The molecule has 210 valence electrons. The van der Waals surface area contributed by atoms with Crippen molar-refractivity contribution in [2.75, 3.05) is 41.1 Å². The maximum absolute atomic E-state index is 13.0. The highest BCUT2D eigenvalue weighted by atomic mass is 32.2. The smallest absolute Gasteiger partial charge is 0.259 e. The van der Waals surface area contributed by atoms with Crippen LogP contribution in [0.1, 0.15) is 36.5 Å². The van der Waals surface area contributed by atoms with Crippen LogP contribution in [0.15, 0.2) is 60.7 Å². The summed E-state index contributed by atoms with van der Waals surface area (Å²) < 4.78 is 25.6. The van der Waals surface area contributed by atoms with Gasteiger partial charge in [0, 0.05) is 12.2 Å². The number of aromatic nitrogens is 3.